The quantitative estimate of drug-likeness (QED) is 0.679. The summed E-state index contributed by atoms with van der Waals surface area (Å²) in [5.74, 6) is -2.49. The Balaban J connectivity index is 2.64. The lowest BCUT2D eigenvalue weighted by Crippen LogP contribution is -2.47. The number of rotatable bonds is 7. The number of halogens is 1. The van der Waals surface area contributed by atoms with Crippen molar-refractivity contribution in [1.82, 2.24) is 5.32 Å². The average molecular weight is 315 g/mol. The lowest BCUT2D eigenvalue weighted by atomic mass is 10.2. The van der Waals surface area contributed by atoms with E-state index in [1.165, 1.54) is 13.0 Å². The number of carbonyl (C=O) groups excluding carboxylic acids is 2. The van der Waals surface area contributed by atoms with Gasteiger partial charge < -0.3 is 20.9 Å². The molecule has 0 radical (unpaired) electrons. The summed E-state index contributed by atoms with van der Waals surface area (Å²) in [4.78, 5) is 33.5. The predicted octanol–water partition coefficient (Wildman–Crippen LogP) is 0.552. The van der Waals surface area contributed by atoms with Crippen molar-refractivity contribution in [2.24, 2.45) is 5.73 Å². The molecule has 2 atom stereocenters. The molecule has 0 heterocycles. The Hall–Kier alpha value is -2.28. The van der Waals surface area contributed by atoms with Gasteiger partial charge in [0.25, 0.3) is 5.91 Å². The second-order valence-corrected chi connectivity index (χ2v) is 4.72. The first-order chi connectivity index (χ1) is 9.79. The van der Waals surface area contributed by atoms with Crippen molar-refractivity contribution >= 4 is 29.4 Å². The van der Waals surface area contributed by atoms with E-state index in [-0.39, 0.29) is 0 Å². The molecule has 0 spiro atoms. The molecule has 0 saturated heterocycles. The zero-order valence-electron chi connectivity index (χ0n) is 11.2. The number of nitrogens with two attached hydrogens (primary N) is 1. The summed E-state index contributed by atoms with van der Waals surface area (Å²) in [6.07, 6.45) is -1.46. The molecule has 0 fully saturated rings. The van der Waals surface area contributed by atoms with E-state index >= 15 is 0 Å². The molecular formula is C13H15ClN2O5. The monoisotopic (exact) mass is 314 g/mol. The van der Waals surface area contributed by atoms with Gasteiger partial charge in [-0.05, 0) is 25.1 Å². The molecule has 1 aromatic carbocycles. The largest absolute Gasteiger partial charge is 0.481 e. The number of aliphatic carboxylic acids is 1. The second kappa shape index (κ2) is 7.49. The Kier molecular flexibility index (Phi) is 5.98. The van der Waals surface area contributed by atoms with Crippen LogP contribution in [0.15, 0.2) is 24.3 Å². The number of nitrogens with one attached hydrogen (secondary N) is 1. The number of benzene rings is 1. The molecule has 0 aromatic heterocycles. The number of carbonyl (C=O) groups is 3. The maximum absolute atomic E-state index is 11.8. The van der Waals surface area contributed by atoms with Gasteiger partial charge in [0, 0.05) is 5.02 Å². The van der Waals surface area contributed by atoms with Crippen molar-refractivity contribution in [2.45, 2.75) is 25.5 Å². The standard InChI is InChI=1S/C13H15ClN2O5/c1-7(21-9-4-2-3-8(14)5-9)12(18)16-10(13(19)20)6-11(15)17/h2-5,7,10H,6H2,1H3,(H2,15,17)(H,16,18)(H,19,20)/t7?,10-/m0/s1. The molecule has 8 heteroatoms. The first-order valence-electron chi connectivity index (χ1n) is 6.03. The highest BCUT2D eigenvalue weighted by Gasteiger charge is 2.25. The van der Waals surface area contributed by atoms with Crippen molar-refractivity contribution in [2.75, 3.05) is 0 Å². The van der Waals surface area contributed by atoms with Crippen LogP contribution in [0.4, 0.5) is 0 Å². The lowest BCUT2D eigenvalue weighted by molar-refractivity contribution is -0.144. The molecule has 1 rings (SSSR count). The highest BCUT2D eigenvalue weighted by Crippen LogP contribution is 2.18. The van der Waals surface area contributed by atoms with Crippen LogP contribution in [0.2, 0.25) is 5.02 Å². The third kappa shape index (κ3) is 5.70. The fourth-order valence-corrected chi connectivity index (χ4v) is 1.67. The van der Waals surface area contributed by atoms with Gasteiger partial charge in [0.1, 0.15) is 11.8 Å². The zero-order chi connectivity index (χ0) is 16.0. The van der Waals surface area contributed by atoms with Gasteiger partial charge in [-0.15, -0.1) is 0 Å². The molecule has 1 aromatic rings. The summed E-state index contributed by atoms with van der Waals surface area (Å²) in [7, 11) is 0. The first kappa shape index (κ1) is 16.8. The summed E-state index contributed by atoms with van der Waals surface area (Å²) in [5, 5.41) is 11.5. The minimum Gasteiger partial charge on any atom is -0.481 e. The Morgan fingerprint density at radius 3 is 2.62 bits per heavy atom. The number of hydrogen-bond acceptors (Lipinski definition) is 4. The first-order valence-corrected chi connectivity index (χ1v) is 6.41. The van der Waals surface area contributed by atoms with Crippen molar-refractivity contribution in [1.29, 1.82) is 0 Å². The molecule has 0 aliphatic rings. The van der Waals surface area contributed by atoms with E-state index in [2.05, 4.69) is 5.32 Å². The van der Waals surface area contributed by atoms with Crippen LogP contribution in [0.5, 0.6) is 5.75 Å². The Bertz CT molecular complexity index is 549. The zero-order valence-corrected chi connectivity index (χ0v) is 12.0. The second-order valence-electron chi connectivity index (χ2n) is 4.29. The van der Waals surface area contributed by atoms with Gasteiger partial charge in [-0.2, -0.15) is 0 Å². The highest BCUT2D eigenvalue weighted by molar-refractivity contribution is 6.30. The smallest absolute Gasteiger partial charge is 0.326 e. The van der Waals surface area contributed by atoms with Crippen LogP contribution in [-0.4, -0.2) is 35.0 Å². The minimum absolute atomic E-state index is 0.368. The Morgan fingerprint density at radius 1 is 1.43 bits per heavy atom. The van der Waals surface area contributed by atoms with Crippen molar-refractivity contribution in [3.05, 3.63) is 29.3 Å². The molecule has 114 valence electrons. The van der Waals surface area contributed by atoms with Crippen LogP contribution < -0.4 is 15.8 Å². The summed E-state index contributed by atoms with van der Waals surface area (Å²) in [6, 6.07) is 5.03. The van der Waals surface area contributed by atoms with Gasteiger partial charge in [-0.3, -0.25) is 9.59 Å². The van der Waals surface area contributed by atoms with Crippen LogP contribution in [0.25, 0.3) is 0 Å². The Labute approximate surface area is 126 Å². The van der Waals surface area contributed by atoms with E-state index in [1.54, 1.807) is 18.2 Å². The van der Waals surface area contributed by atoms with Crippen molar-refractivity contribution < 1.29 is 24.2 Å². The van der Waals surface area contributed by atoms with Gasteiger partial charge in [0.2, 0.25) is 5.91 Å². The minimum atomic E-state index is -1.39. The van der Waals surface area contributed by atoms with Gasteiger partial charge in [0.15, 0.2) is 6.10 Å². The average Bonchev–Trinajstić information content (AvgIpc) is 2.37. The normalized spacial score (nSPS) is 13.0. The van der Waals surface area contributed by atoms with Gasteiger partial charge >= 0.3 is 5.97 Å². The van der Waals surface area contributed by atoms with Gasteiger partial charge in [0.05, 0.1) is 6.42 Å². The fourth-order valence-electron chi connectivity index (χ4n) is 1.49. The number of primary amides is 1. The van der Waals surface area contributed by atoms with Crippen LogP contribution in [-0.2, 0) is 14.4 Å². The summed E-state index contributed by atoms with van der Waals surface area (Å²) in [6.45, 7) is 1.44. The van der Waals surface area contributed by atoms with E-state index in [4.69, 9.17) is 27.2 Å². The lowest BCUT2D eigenvalue weighted by Gasteiger charge is -2.18. The molecular weight excluding hydrogens is 300 g/mol. The SMILES string of the molecule is CC(Oc1cccc(Cl)c1)C(=O)N[C@@H](CC(N)=O)C(=O)O. The van der Waals surface area contributed by atoms with E-state index in [1.807, 2.05) is 0 Å². The topological polar surface area (TPSA) is 119 Å². The van der Waals surface area contributed by atoms with E-state index < -0.39 is 36.4 Å². The molecule has 7 nitrogen and oxygen atoms in total. The number of hydrogen-bond donors (Lipinski definition) is 3. The van der Waals surface area contributed by atoms with Crippen molar-refractivity contribution in [3.63, 3.8) is 0 Å². The maximum Gasteiger partial charge on any atom is 0.326 e. The van der Waals surface area contributed by atoms with Crippen LogP contribution >= 0.6 is 11.6 Å². The molecule has 21 heavy (non-hydrogen) atoms. The summed E-state index contributed by atoms with van der Waals surface area (Å²) in [5.41, 5.74) is 4.92. The van der Waals surface area contributed by atoms with Crippen LogP contribution in [0, 0.1) is 0 Å². The molecule has 0 bridgehead atoms. The molecule has 2 amide bonds. The Morgan fingerprint density at radius 2 is 2.10 bits per heavy atom. The van der Waals surface area contributed by atoms with Crippen molar-refractivity contribution in [3.8, 4) is 5.75 Å². The highest BCUT2D eigenvalue weighted by atomic mass is 35.5. The van der Waals surface area contributed by atoms with Crippen LogP contribution in [0.1, 0.15) is 13.3 Å². The number of carboxylic acid groups (broad SMARTS) is 1. The molecule has 0 saturated carbocycles. The third-order valence-electron chi connectivity index (χ3n) is 2.50. The predicted molar refractivity (Wildman–Crippen MR) is 74.9 cm³/mol. The van der Waals surface area contributed by atoms with Gasteiger partial charge in [-0.1, -0.05) is 17.7 Å². The summed E-state index contributed by atoms with van der Waals surface area (Å²) >= 11 is 5.78. The summed E-state index contributed by atoms with van der Waals surface area (Å²) < 4.78 is 5.34. The molecule has 0 aliphatic carbocycles. The maximum atomic E-state index is 11.8. The van der Waals surface area contributed by atoms with E-state index in [9.17, 15) is 14.4 Å². The molecule has 1 unspecified atom stereocenters. The van der Waals surface area contributed by atoms with Crippen LogP contribution in [0.3, 0.4) is 0 Å². The number of amides is 2. The number of ether oxygens (including phenoxy) is 1. The third-order valence-corrected chi connectivity index (χ3v) is 2.73. The van der Waals surface area contributed by atoms with E-state index in [0.717, 1.165) is 0 Å². The van der Waals surface area contributed by atoms with E-state index in [0.29, 0.717) is 10.8 Å². The van der Waals surface area contributed by atoms with Gasteiger partial charge in [-0.25, -0.2) is 4.79 Å². The fraction of sp³-hybridized carbons (Fsp3) is 0.308. The molecule has 0 aliphatic heterocycles. The number of carboxylic acids is 1. The molecule has 4 N–H and O–H groups in total.